The summed E-state index contributed by atoms with van der Waals surface area (Å²) in [5, 5.41) is 22.8. The van der Waals surface area contributed by atoms with Gasteiger partial charge in [0.15, 0.2) is 0 Å². The van der Waals surface area contributed by atoms with Gasteiger partial charge in [-0.3, -0.25) is 4.79 Å². The van der Waals surface area contributed by atoms with Crippen LogP contribution in [0.1, 0.15) is 271 Å². The summed E-state index contributed by atoms with van der Waals surface area (Å²) in [5.41, 5.74) is 0. The standard InChI is InChI=1S/C50H97NO3/c1-3-5-7-9-11-12-13-14-15-16-17-18-19-20-21-22-23-24-25-26-27-28-29-30-31-32-33-34-35-36-37-38-40-42-44-46-50(54)51-48(47-52)49(53)45-43-41-39-10-8-6-4-2/h16-17,43,45,48-49,52-53H,3-15,18-42,44,46-47H2,1-2H3,(H,51,54)/b17-16-,45-43+. The number of amides is 1. The number of hydrogen-bond donors (Lipinski definition) is 3. The van der Waals surface area contributed by atoms with Gasteiger partial charge in [0.2, 0.25) is 5.91 Å². The first-order valence-electron chi connectivity index (χ1n) is 24.6. The molecule has 0 aromatic rings. The quantitative estimate of drug-likeness (QED) is 0.0428. The average molecular weight is 760 g/mol. The minimum atomic E-state index is -0.832. The molecule has 0 saturated heterocycles. The zero-order valence-electron chi connectivity index (χ0n) is 36.8. The summed E-state index contributed by atoms with van der Waals surface area (Å²) >= 11 is 0. The predicted molar refractivity (Wildman–Crippen MR) is 239 cm³/mol. The van der Waals surface area contributed by atoms with Crippen LogP contribution in [0.3, 0.4) is 0 Å². The van der Waals surface area contributed by atoms with Crippen molar-refractivity contribution in [3.63, 3.8) is 0 Å². The lowest BCUT2D eigenvalue weighted by Crippen LogP contribution is -2.45. The minimum Gasteiger partial charge on any atom is -0.394 e. The molecule has 0 aromatic heterocycles. The number of allylic oxidation sites excluding steroid dienone is 3. The zero-order valence-corrected chi connectivity index (χ0v) is 36.8. The van der Waals surface area contributed by atoms with Crippen molar-refractivity contribution in [2.75, 3.05) is 6.61 Å². The molecule has 0 aromatic carbocycles. The van der Waals surface area contributed by atoms with E-state index in [-0.39, 0.29) is 12.5 Å². The number of carbonyl (C=O) groups excluding carboxylic acids is 1. The van der Waals surface area contributed by atoms with E-state index in [9.17, 15) is 15.0 Å². The molecule has 0 fully saturated rings. The molecule has 4 nitrogen and oxygen atoms in total. The molecule has 4 heteroatoms. The third-order valence-electron chi connectivity index (χ3n) is 11.4. The van der Waals surface area contributed by atoms with Gasteiger partial charge in [0.25, 0.3) is 0 Å². The maximum atomic E-state index is 12.3. The highest BCUT2D eigenvalue weighted by Gasteiger charge is 2.18. The SMILES string of the molecule is CCCCCCC/C=C/C(O)C(CO)NC(=O)CCCCCCCCCCCCCCCCCCCCCCCCC/C=C\CCCCCCCCCC. The second-order valence-electron chi connectivity index (χ2n) is 16.9. The molecule has 0 heterocycles. The summed E-state index contributed by atoms with van der Waals surface area (Å²) in [6.07, 6.45) is 60.6. The Morgan fingerprint density at radius 2 is 0.704 bits per heavy atom. The second-order valence-corrected chi connectivity index (χ2v) is 16.9. The van der Waals surface area contributed by atoms with Gasteiger partial charge in [-0.25, -0.2) is 0 Å². The number of aliphatic hydroxyl groups is 2. The van der Waals surface area contributed by atoms with Crippen LogP contribution in [-0.2, 0) is 4.79 Å². The number of rotatable bonds is 45. The molecule has 2 atom stereocenters. The molecule has 1 amide bonds. The van der Waals surface area contributed by atoms with E-state index in [1.165, 1.54) is 225 Å². The van der Waals surface area contributed by atoms with Crippen LogP contribution in [0.15, 0.2) is 24.3 Å². The summed E-state index contributed by atoms with van der Waals surface area (Å²) in [6.45, 7) is 4.27. The van der Waals surface area contributed by atoms with Gasteiger partial charge in [-0.05, 0) is 44.9 Å². The van der Waals surface area contributed by atoms with Gasteiger partial charge in [-0.2, -0.15) is 0 Å². The summed E-state index contributed by atoms with van der Waals surface area (Å²) in [4.78, 5) is 12.3. The van der Waals surface area contributed by atoms with Crippen molar-refractivity contribution in [3.05, 3.63) is 24.3 Å². The Kier molecular flexibility index (Phi) is 45.3. The molecule has 0 spiro atoms. The number of nitrogens with one attached hydrogen (secondary N) is 1. The lowest BCUT2D eigenvalue weighted by atomic mass is 10.0. The molecule has 0 aliphatic rings. The molecule has 0 saturated carbocycles. The molecule has 0 aliphatic carbocycles. The average Bonchev–Trinajstić information content (AvgIpc) is 3.18. The smallest absolute Gasteiger partial charge is 0.220 e. The Balaban J connectivity index is 3.33. The van der Waals surface area contributed by atoms with Crippen LogP contribution in [-0.4, -0.2) is 34.9 Å². The molecular formula is C50H97NO3. The van der Waals surface area contributed by atoms with Gasteiger partial charge in [0.1, 0.15) is 0 Å². The Hall–Kier alpha value is -1.13. The highest BCUT2D eigenvalue weighted by atomic mass is 16.3. The van der Waals surface area contributed by atoms with Gasteiger partial charge < -0.3 is 15.5 Å². The van der Waals surface area contributed by atoms with Crippen LogP contribution in [0.25, 0.3) is 0 Å². The van der Waals surface area contributed by atoms with Gasteiger partial charge in [0, 0.05) is 6.42 Å². The van der Waals surface area contributed by atoms with Gasteiger partial charge >= 0.3 is 0 Å². The van der Waals surface area contributed by atoms with Crippen LogP contribution in [0, 0.1) is 0 Å². The number of carbonyl (C=O) groups is 1. The fraction of sp³-hybridized carbons (Fsp3) is 0.900. The molecule has 2 unspecified atom stereocenters. The normalized spacial score (nSPS) is 13.0. The first kappa shape index (κ1) is 52.9. The van der Waals surface area contributed by atoms with Crippen LogP contribution in [0.4, 0.5) is 0 Å². The number of unbranched alkanes of at least 4 members (excludes halogenated alkanes) is 36. The van der Waals surface area contributed by atoms with Crippen LogP contribution >= 0.6 is 0 Å². The Labute approximate surface area is 339 Å². The van der Waals surface area contributed by atoms with E-state index < -0.39 is 12.1 Å². The fourth-order valence-electron chi connectivity index (χ4n) is 7.65. The van der Waals surface area contributed by atoms with Gasteiger partial charge in [0.05, 0.1) is 18.8 Å². The zero-order chi connectivity index (χ0) is 39.3. The summed E-state index contributed by atoms with van der Waals surface area (Å²) in [7, 11) is 0. The van der Waals surface area contributed by atoms with E-state index >= 15 is 0 Å². The maximum absolute atomic E-state index is 12.3. The first-order chi connectivity index (χ1) is 26.7. The fourth-order valence-corrected chi connectivity index (χ4v) is 7.65. The summed E-state index contributed by atoms with van der Waals surface area (Å²) < 4.78 is 0. The van der Waals surface area contributed by atoms with Crippen LogP contribution < -0.4 is 5.32 Å². The molecule has 0 radical (unpaired) electrons. The Bertz CT molecular complexity index is 780. The van der Waals surface area contributed by atoms with Crippen molar-refractivity contribution >= 4 is 5.91 Å². The molecular weight excluding hydrogens is 663 g/mol. The highest BCUT2D eigenvalue weighted by molar-refractivity contribution is 5.76. The Morgan fingerprint density at radius 3 is 1.02 bits per heavy atom. The lowest BCUT2D eigenvalue weighted by molar-refractivity contribution is -0.123. The highest BCUT2D eigenvalue weighted by Crippen LogP contribution is 2.17. The first-order valence-corrected chi connectivity index (χ1v) is 24.6. The molecule has 3 N–H and O–H groups in total. The van der Waals surface area contributed by atoms with Gasteiger partial charge in [-0.1, -0.05) is 244 Å². The molecule has 0 rings (SSSR count). The maximum Gasteiger partial charge on any atom is 0.220 e. The number of aliphatic hydroxyl groups excluding tert-OH is 2. The Morgan fingerprint density at radius 1 is 0.426 bits per heavy atom. The summed E-state index contributed by atoms with van der Waals surface area (Å²) in [5.74, 6) is -0.0642. The number of hydrogen-bond acceptors (Lipinski definition) is 3. The lowest BCUT2D eigenvalue weighted by Gasteiger charge is -2.20. The van der Waals surface area contributed by atoms with E-state index in [4.69, 9.17) is 0 Å². The van der Waals surface area contributed by atoms with Crippen molar-refractivity contribution in [2.24, 2.45) is 0 Å². The minimum absolute atomic E-state index is 0.0642. The topological polar surface area (TPSA) is 69.6 Å². The second kappa shape index (κ2) is 46.3. The largest absolute Gasteiger partial charge is 0.394 e. The van der Waals surface area contributed by atoms with E-state index in [0.29, 0.717) is 6.42 Å². The monoisotopic (exact) mass is 760 g/mol. The molecule has 0 bridgehead atoms. The predicted octanol–water partition coefficient (Wildman–Crippen LogP) is 15.6. The van der Waals surface area contributed by atoms with Crippen molar-refractivity contribution in [1.29, 1.82) is 0 Å². The molecule has 320 valence electrons. The van der Waals surface area contributed by atoms with Crippen molar-refractivity contribution in [2.45, 2.75) is 283 Å². The van der Waals surface area contributed by atoms with E-state index in [2.05, 4.69) is 31.3 Å². The molecule has 54 heavy (non-hydrogen) atoms. The van der Waals surface area contributed by atoms with E-state index in [0.717, 1.165) is 25.7 Å². The van der Waals surface area contributed by atoms with E-state index in [1.54, 1.807) is 6.08 Å². The van der Waals surface area contributed by atoms with Crippen molar-refractivity contribution in [3.8, 4) is 0 Å². The van der Waals surface area contributed by atoms with Gasteiger partial charge in [-0.15, -0.1) is 0 Å². The third kappa shape index (κ3) is 42.0. The summed E-state index contributed by atoms with van der Waals surface area (Å²) in [6, 6.07) is -0.615. The van der Waals surface area contributed by atoms with Crippen molar-refractivity contribution in [1.82, 2.24) is 5.32 Å². The van der Waals surface area contributed by atoms with Crippen LogP contribution in [0.5, 0.6) is 0 Å². The third-order valence-corrected chi connectivity index (χ3v) is 11.4. The molecule has 0 aliphatic heterocycles. The van der Waals surface area contributed by atoms with E-state index in [1.807, 2.05) is 6.08 Å². The van der Waals surface area contributed by atoms with Crippen molar-refractivity contribution < 1.29 is 15.0 Å². The van der Waals surface area contributed by atoms with Crippen LogP contribution in [0.2, 0.25) is 0 Å².